The van der Waals surface area contributed by atoms with Gasteiger partial charge in [-0.15, -0.1) is 0 Å². The van der Waals surface area contributed by atoms with Crippen LogP contribution in [0.1, 0.15) is 78.6 Å². The van der Waals surface area contributed by atoms with Gasteiger partial charge in [-0.1, -0.05) is 18.9 Å². The highest BCUT2D eigenvalue weighted by Gasteiger charge is 2.33. The van der Waals surface area contributed by atoms with Crippen LogP contribution in [0.25, 0.3) is 0 Å². The van der Waals surface area contributed by atoms with Crippen LogP contribution in [-0.2, 0) is 13.0 Å². The molecule has 1 atom stereocenters. The lowest BCUT2D eigenvalue weighted by Gasteiger charge is -2.36. The molecule has 0 bridgehead atoms. The molecule has 30 heavy (non-hydrogen) atoms. The molecule has 2 aliphatic heterocycles. The summed E-state index contributed by atoms with van der Waals surface area (Å²) in [6.07, 6.45) is 10.3. The van der Waals surface area contributed by atoms with Crippen molar-refractivity contribution in [1.29, 1.82) is 0 Å². The van der Waals surface area contributed by atoms with Crippen LogP contribution in [0.15, 0.2) is 29.2 Å². The smallest absolute Gasteiger partial charge is 0.273 e. The zero-order chi connectivity index (χ0) is 20.5. The van der Waals surface area contributed by atoms with E-state index in [0.29, 0.717) is 24.1 Å². The Morgan fingerprint density at radius 1 is 1.07 bits per heavy atom. The van der Waals surface area contributed by atoms with Gasteiger partial charge in [0.1, 0.15) is 11.5 Å². The minimum absolute atomic E-state index is 0.0307. The number of rotatable bonds is 3. The van der Waals surface area contributed by atoms with Crippen LogP contribution in [0.3, 0.4) is 0 Å². The number of amides is 1. The van der Waals surface area contributed by atoms with Gasteiger partial charge < -0.3 is 9.88 Å². The molecule has 2 aromatic heterocycles. The van der Waals surface area contributed by atoms with Gasteiger partial charge in [-0.2, -0.15) is 0 Å². The molecule has 1 unspecified atom stereocenters. The first kappa shape index (κ1) is 19.4. The average Bonchev–Trinajstić information content (AvgIpc) is 3.34. The number of hydrogen-bond acceptors (Lipinski definition) is 5. The van der Waals surface area contributed by atoms with Crippen molar-refractivity contribution in [1.82, 2.24) is 24.8 Å². The normalized spacial score (nSPS) is 22.8. The van der Waals surface area contributed by atoms with Crippen LogP contribution < -0.4 is 5.56 Å². The van der Waals surface area contributed by atoms with Gasteiger partial charge >= 0.3 is 0 Å². The highest BCUT2D eigenvalue weighted by atomic mass is 16.2. The molecule has 1 amide bonds. The largest absolute Gasteiger partial charge is 0.327 e. The summed E-state index contributed by atoms with van der Waals surface area (Å²) < 4.78 is 0. The van der Waals surface area contributed by atoms with Crippen molar-refractivity contribution in [3.05, 3.63) is 57.5 Å². The molecular formula is C23H29N5O2. The molecule has 3 aliphatic rings. The number of carbonyl (C=O) groups excluding carboxylic acids is 1. The Hall–Kier alpha value is -2.54. The van der Waals surface area contributed by atoms with E-state index in [0.717, 1.165) is 50.0 Å². The van der Waals surface area contributed by atoms with E-state index in [1.165, 1.54) is 25.7 Å². The molecule has 2 aromatic rings. The van der Waals surface area contributed by atoms with Crippen LogP contribution in [0.5, 0.6) is 0 Å². The number of likely N-dealkylation sites (tertiary alicyclic amines) is 1. The van der Waals surface area contributed by atoms with E-state index in [1.54, 1.807) is 12.3 Å². The van der Waals surface area contributed by atoms with Crippen molar-refractivity contribution in [3.63, 3.8) is 0 Å². The second-order valence-corrected chi connectivity index (χ2v) is 8.76. The molecule has 5 rings (SSSR count). The fourth-order valence-electron chi connectivity index (χ4n) is 5.31. The lowest BCUT2D eigenvalue weighted by Crippen LogP contribution is -2.43. The van der Waals surface area contributed by atoms with Gasteiger partial charge in [-0.05, 0) is 50.7 Å². The molecular weight excluding hydrogens is 378 g/mol. The minimum atomic E-state index is -0.201. The molecule has 158 valence electrons. The van der Waals surface area contributed by atoms with Gasteiger partial charge in [0.05, 0.1) is 11.7 Å². The van der Waals surface area contributed by atoms with Crippen molar-refractivity contribution >= 4 is 5.91 Å². The Labute approximate surface area is 176 Å². The molecule has 0 radical (unpaired) electrons. The molecule has 0 spiro atoms. The first-order valence-corrected chi connectivity index (χ1v) is 11.3. The first-order chi connectivity index (χ1) is 14.7. The Morgan fingerprint density at radius 3 is 2.70 bits per heavy atom. The number of hydrogen-bond donors (Lipinski definition) is 1. The summed E-state index contributed by atoms with van der Waals surface area (Å²) in [7, 11) is 0. The van der Waals surface area contributed by atoms with Crippen LogP contribution in [0, 0.1) is 0 Å². The number of pyridine rings is 1. The number of nitrogens with zero attached hydrogens (tertiary/aromatic N) is 4. The van der Waals surface area contributed by atoms with Crippen molar-refractivity contribution in [2.75, 3.05) is 13.1 Å². The summed E-state index contributed by atoms with van der Waals surface area (Å²) in [6.45, 7) is 2.35. The number of aromatic nitrogens is 3. The van der Waals surface area contributed by atoms with Gasteiger partial charge in [-0.25, -0.2) is 4.98 Å². The molecule has 0 aromatic carbocycles. The Morgan fingerprint density at radius 2 is 1.90 bits per heavy atom. The van der Waals surface area contributed by atoms with E-state index >= 15 is 0 Å². The quantitative estimate of drug-likeness (QED) is 0.846. The van der Waals surface area contributed by atoms with Crippen LogP contribution >= 0.6 is 0 Å². The second kappa shape index (κ2) is 8.30. The summed E-state index contributed by atoms with van der Waals surface area (Å²) in [5.41, 5.74) is 2.14. The fraction of sp³-hybridized carbons (Fsp3) is 0.565. The van der Waals surface area contributed by atoms with Gasteiger partial charge in [0.2, 0.25) is 0 Å². The highest BCUT2D eigenvalue weighted by molar-refractivity contribution is 5.92. The van der Waals surface area contributed by atoms with E-state index in [4.69, 9.17) is 4.98 Å². The maximum atomic E-state index is 13.1. The van der Waals surface area contributed by atoms with Crippen molar-refractivity contribution in [2.24, 2.45) is 0 Å². The topological polar surface area (TPSA) is 82.2 Å². The van der Waals surface area contributed by atoms with Gasteiger partial charge in [0, 0.05) is 37.4 Å². The third-order valence-corrected chi connectivity index (χ3v) is 6.93. The van der Waals surface area contributed by atoms with Gasteiger partial charge in [0.25, 0.3) is 11.5 Å². The fourth-order valence-corrected chi connectivity index (χ4v) is 5.31. The van der Waals surface area contributed by atoms with E-state index in [2.05, 4.69) is 14.9 Å². The van der Waals surface area contributed by atoms with Crippen molar-refractivity contribution in [2.45, 2.75) is 70.0 Å². The third-order valence-electron chi connectivity index (χ3n) is 6.93. The summed E-state index contributed by atoms with van der Waals surface area (Å²) >= 11 is 0. The zero-order valence-electron chi connectivity index (χ0n) is 17.3. The number of H-pyrrole nitrogens is 1. The maximum absolute atomic E-state index is 13.1. The summed E-state index contributed by atoms with van der Waals surface area (Å²) in [5, 5.41) is 0. The Bertz CT molecular complexity index is 967. The van der Waals surface area contributed by atoms with Gasteiger partial charge in [-0.3, -0.25) is 19.5 Å². The molecule has 2 fully saturated rings. The van der Waals surface area contributed by atoms with Crippen LogP contribution in [0.2, 0.25) is 0 Å². The van der Waals surface area contributed by atoms with E-state index in [1.807, 2.05) is 17.0 Å². The molecule has 7 heteroatoms. The predicted molar refractivity (Wildman–Crippen MR) is 113 cm³/mol. The first-order valence-electron chi connectivity index (χ1n) is 11.3. The van der Waals surface area contributed by atoms with E-state index in [9.17, 15) is 9.59 Å². The SMILES string of the molecule is O=C(c1ccccn1)N1CCCCC1c1nc2c(c(=O)[nH]1)CCN(C1CCCC1)C2. The number of carbonyl (C=O) groups is 1. The monoisotopic (exact) mass is 407 g/mol. The molecule has 1 aliphatic carbocycles. The maximum Gasteiger partial charge on any atom is 0.273 e. The van der Waals surface area contributed by atoms with Crippen molar-refractivity contribution in [3.8, 4) is 0 Å². The second-order valence-electron chi connectivity index (χ2n) is 8.76. The van der Waals surface area contributed by atoms with Crippen LogP contribution in [-0.4, -0.2) is 49.8 Å². The number of piperidine rings is 1. The predicted octanol–water partition coefficient (Wildman–Crippen LogP) is 2.83. The minimum Gasteiger partial charge on any atom is -0.327 e. The van der Waals surface area contributed by atoms with E-state index in [-0.39, 0.29) is 17.5 Å². The number of fused-ring (bicyclic) bond motifs is 1. The summed E-state index contributed by atoms with van der Waals surface area (Å²) in [6, 6.07) is 5.81. The van der Waals surface area contributed by atoms with E-state index < -0.39 is 0 Å². The molecule has 7 nitrogen and oxygen atoms in total. The summed E-state index contributed by atoms with van der Waals surface area (Å²) in [5.74, 6) is 0.546. The van der Waals surface area contributed by atoms with Crippen molar-refractivity contribution < 1.29 is 4.79 Å². The zero-order valence-corrected chi connectivity index (χ0v) is 17.3. The summed E-state index contributed by atoms with van der Waals surface area (Å²) in [4.78, 5) is 42.5. The molecule has 4 heterocycles. The standard InChI is InChI=1S/C23H29N5O2/c29-22-17-11-14-27(16-7-1-2-8-16)15-19(17)25-21(26-22)20-10-4-6-13-28(20)23(30)18-9-3-5-12-24-18/h3,5,9,12,16,20H,1-2,4,6-8,10-11,13-15H2,(H,25,26,29). The lowest BCUT2D eigenvalue weighted by molar-refractivity contribution is 0.0592. The number of aromatic amines is 1. The molecule has 1 saturated carbocycles. The Kier molecular flexibility index (Phi) is 5.37. The number of nitrogens with one attached hydrogen (secondary N) is 1. The molecule has 1 saturated heterocycles. The third kappa shape index (κ3) is 3.67. The van der Waals surface area contributed by atoms with Gasteiger partial charge in [0.15, 0.2) is 0 Å². The van der Waals surface area contributed by atoms with Crippen LogP contribution in [0.4, 0.5) is 0 Å². The average molecular weight is 408 g/mol. The highest BCUT2D eigenvalue weighted by Crippen LogP contribution is 2.31. The molecule has 1 N–H and O–H groups in total. The Balaban J connectivity index is 1.44. The lowest BCUT2D eigenvalue weighted by atomic mass is 9.99.